The molecule has 12 aromatic rings. The molecular weight excluding hydrogens is 787 g/mol. The van der Waals surface area contributed by atoms with Crippen LogP contribution in [-0.2, 0) is 5.41 Å². The van der Waals surface area contributed by atoms with Crippen molar-refractivity contribution in [3.8, 4) is 33.4 Å². The summed E-state index contributed by atoms with van der Waals surface area (Å²) in [7, 11) is 0. The summed E-state index contributed by atoms with van der Waals surface area (Å²) in [4.78, 5) is 2.41. The SMILES string of the molecule is c1ccc(C2(c3ccccc3)c3ccccc3-c3cc(N(c4ccc(-c5cccc6c5ccc5ccccc56)cc4)c4cccc(-c5cccc6c5oc5ccccc56)c4)ccc32)cc1. The van der Waals surface area contributed by atoms with Crippen molar-refractivity contribution in [2.75, 3.05) is 4.90 Å². The fourth-order valence-electron chi connectivity index (χ4n) is 10.9. The Kier molecular flexibility index (Phi) is 8.47. The van der Waals surface area contributed by atoms with E-state index in [1.54, 1.807) is 0 Å². The number of hydrogen-bond acceptors (Lipinski definition) is 2. The molecule has 0 saturated heterocycles. The highest BCUT2D eigenvalue weighted by Gasteiger charge is 2.46. The predicted octanol–water partition coefficient (Wildman–Crippen LogP) is 17.1. The Hall–Kier alpha value is -8.46. The third-order valence-corrected chi connectivity index (χ3v) is 13.7. The van der Waals surface area contributed by atoms with Crippen molar-refractivity contribution in [2.45, 2.75) is 5.41 Å². The van der Waals surface area contributed by atoms with Gasteiger partial charge in [-0.2, -0.15) is 0 Å². The molecular formula is C63H41NO. The largest absolute Gasteiger partial charge is 0.455 e. The minimum absolute atomic E-state index is 0.478. The van der Waals surface area contributed by atoms with Gasteiger partial charge in [0.1, 0.15) is 11.2 Å². The van der Waals surface area contributed by atoms with E-state index in [0.29, 0.717) is 0 Å². The fraction of sp³-hybridized carbons (Fsp3) is 0.0159. The van der Waals surface area contributed by atoms with E-state index in [2.05, 4.69) is 248 Å². The maximum Gasteiger partial charge on any atom is 0.143 e. The molecule has 1 aliphatic rings. The highest BCUT2D eigenvalue weighted by molar-refractivity contribution is 6.12. The van der Waals surface area contributed by atoms with Gasteiger partial charge in [0.15, 0.2) is 0 Å². The van der Waals surface area contributed by atoms with E-state index in [-0.39, 0.29) is 0 Å². The summed E-state index contributed by atoms with van der Waals surface area (Å²) in [6.45, 7) is 0. The highest BCUT2D eigenvalue weighted by atomic mass is 16.3. The number of fused-ring (bicyclic) bond motifs is 9. The van der Waals surface area contributed by atoms with Crippen LogP contribution in [-0.4, -0.2) is 0 Å². The third-order valence-electron chi connectivity index (χ3n) is 13.7. The molecule has 0 unspecified atom stereocenters. The van der Waals surface area contributed by atoms with Gasteiger partial charge in [-0.05, 0) is 114 Å². The second kappa shape index (κ2) is 14.8. The van der Waals surface area contributed by atoms with Crippen LogP contribution in [0.2, 0.25) is 0 Å². The first-order chi connectivity index (χ1) is 32.2. The molecule has 65 heavy (non-hydrogen) atoms. The van der Waals surface area contributed by atoms with E-state index in [9.17, 15) is 0 Å². The van der Waals surface area contributed by atoms with Crippen molar-refractivity contribution in [1.29, 1.82) is 0 Å². The Labute approximate surface area is 377 Å². The van der Waals surface area contributed by atoms with Crippen LogP contribution >= 0.6 is 0 Å². The summed E-state index contributed by atoms with van der Waals surface area (Å²) in [6, 6.07) is 90.8. The van der Waals surface area contributed by atoms with Crippen LogP contribution in [0.25, 0.3) is 76.9 Å². The summed E-state index contributed by atoms with van der Waals surface area (Å²) in [5.74, 6) is 0. The zero-order chi connectivity index (χ0) is 42.9. The molecule has 0 amide bonds. The molecule has 0 spiro atoms. The number of hydrogen-bond donors (Lipinski definition) is 0. The van der Waals surface area contributed by atoms with E-state index < -0.39 is 5.41 Å². The lowest BCUT2D eigenvalue weighted by molar-refractivity contribution is 0.670. The monoisotopic (exact) mass is 827 g/mol. The van der Waals surface area contributed by atoms with Crippen LogP contribution < -0.4 is 4.90 Å². The van der Waals surface area contributed by atoms with Crippen LogP contribution in [0.3, 0.4) is 0 Å². The second-order valence-electron chi connectivity index (χ2n) is 17.2. The average molecular weight is 828 g/mol. The van der Waals surface area contributed by atoms with Gasteiger partial charge in [-0.1, -0.05) is 206 Å². The van der Waals surface area contributed by atoms with Gasteiger partial charge in [0.25, 0.3) is 0 Å². The molecule has 0 aliphatic heterocycles. The highest BCUT2D eigenvalue weighted by Crippen LogP contribution is 2.57. The lowest BCUT2D eigenvalue weighted by atomic mass is 9.68. The topological polar surface area (TPSA) is 16.4 Å². The minimum Gasteiger partial charge on any atom is -0.455 e. The second-order valence-corrected chi connectivity index (χ2v) is 17.2. The summed E-state index contributed by atoms with van der Waals surface area (Å²) in [5.41, 5.74) is 16.7. The van der Waals surface area contributed by atoms with E-state index >= 15 is 0 Å². The Morgan fingerprint density at radius 3 is 1.72 bits per heavy atom. The van der Waals surface area contributed by atoms with Gasteiger partial charge in [-0.25, -0.2) is 0 Å². The van der Waals surface area contributed by atoms with Crippen LogP contribution in [0, 0.1) is 0 Å². The number of nitrogens with zero attached hydrogens (tertiary/aromatic N) is 1. The van der Waals surface area contributed by atoms with Gasteiger partial charge in [-0.3, -0.25) is 0 Å². The van der Waals surface area contributed by atoms with E-state index in [0.717, 1.165) is 50.1 Å². The van der Waals surface area contributed by atoms with Gasteiger partial charge < -0.3 is 9.32 Å². The minimum atomic E-state index is -0.478. The molecule has 2 heteroatoms. The van der Waals surface area contributed by atoms with Crippen LogP contribution in [0.5, 0.6) is 0 Å². The lowest BCUT2D eigenvalue weighted by Crippen LogP contribution is -2.28. The molecule has 0 fully saturated rings. The average Bonchev–Trinajstić information content (AvgIpc) is 3.91. The molecule has 0 atom stereocenters. The van der Waals surface area contributed by atoms with Gasteiger partial charge in [0.05, 0.1) is 5.41 Å². The molecule has 0 saturated carbocycles. The first-order valence-corrected chi connectivity index (χ1v) is 22.4. The molecule has 1 aromatic heterocycles. The number of rotatable bonds is 7. The predicted molar refractivity (Wildman–Crippen MR) is 272 cm³/mol. The van der Waals surface area contributed by atoms with Crippen LogP contribution in [0.4, 0.5) is 17.1 Å². The van der Waals surface area contributed by atoms with Crippen LogP contribution in [0.15, 0.2) is 253 Å². The van der Waals surface area contributed by atoms with Gasteiger partial charge in [0, 0.05) is 33.4 Å². The van der Waals surface area contributed by atoms with Gasteiger partial charge >= 0.3 is 0 Å². The third kappa shape index (κ3) is 5.74. The first-order valence-electron chi connectivity index (χ1n) is 22.4. The zero-order valence-electron chi connectivity index (χ0n) is 35.5. The molecule has 1 aliphatic carbocycles. The van der Waals surface area contributed by atoms with Crippen molar-refractivity contribution >= 4 is 60.5 Å². The van der Waals surface area contributed by atoms with E-state index in [1.165, 1.54) is 66.1 Å². The first kappa shape index (κ1) is 37.1. The van der Waals surface area contributed by atoms with Crippen LogP contribution in [0.1, 0.15) is 22.3 Å². The molecule has 304 valence electrons. The summed E-state index contributed by atoms with van der Waals surface area (Å²) < 4.78 is 6.58. The number of anilines is 3. The summed E-state index contributed by atoms with van der Waals surface area (Å²) >= 11 is 0. The van der Waals surface area contributed by atoms with Crippen molar-refractivity contribution in [2.24, 2.45) is 0 Å². The van der Waals surface area contributed by atoms with E-state index in [1.807, 2.05) is 6.07 Å². The van der Waals surface area contributed by atoms with E-state index in [4.69, 9.17) is 4.42 Å². The molecule has 0 bridgehead atoms. The van der Waals surface area contributed by atoms with Gasteiger partial charge in [0.2, 0.25) is 0 Å². The summed E-state index contributed by atoms with van der Waals surface area (Å²) in [5, 5.41) is 7.29. The number of furan rings is 1. The molecule has 2 nitrogen and oxygen atoms in total. The molecule has 0 N–H and O–H groups in total. The standard InChI is InChI=1S/C63H41NO/c1-3-18-45(19-4-1)63(46-20-5-2-6-21-46)59-30-11-9-24-55(59)58-41-49(37-39-60(58)63)64(48-22-13-17-44(40-48)52-27-15-29-57-56-25-10-12-31-61(56)65-62(52)57)47-35-32-43(33-36-47)51-26-14-28-53-50-23-8-7-16-42(50)34-38-54(51)53/h1-41H. The van der Waals surface area contributed by atoms with Crippen molar-refractivity contribution < 1.29 is 4.42 Å². The zero-order valence-corrected chi connectivity index (χ0v) is 35.5. The Bertz CT molecular complexity index is 3730. The van der Waals surface area contributed by atoms with Crippen molar-refractivity contribution in [3.05, 3.63) is 271 Å². The Balaban J connectivity index is 1.01. The van der Waals surface area contributed by atoms with Gasteiger partial charge in [-0.15, -0.1) is 0 Å². The maximum absolute atomic E-state index is 6.58. The number of benzene rings is 11. The lowest BCUT2D eigenvalue weighted by Gasteiger charge is -2.34. The normalized spacial score (nSPS) is 12.7. The molecule has 0 radical (unpaired) electrons. The maximum atomic E-state index is 6.58. The quantitative estimate of drug-likeness (QED) is 0.149. The molecule has 1 heterocycles. The molecule has 13 rings (SSSR count). The molecule has 11 aromatic carbocycles. The fourth-order valence-corrected chi connectivity index (χ4v) is 10.9. The summed E-state index contributed by atoms with van der Waals surface area (Å²) in [6.07, 6.45) is 0. The Morgan fingerprint density at radius 1 is 0.308 bits per heavy atom. The van der Waals surface area contributed by atoms with Crippen molar-refractivity contribution in [3.63, 3.8) is 0 Å². The van der Waals surface area contributed by atoms with Crippen molar-refractivity contribution in [1.82, 2.24) is 0 Å². The smallest absolute Gasteiger partial charge is 0.143 e. The Morgan fingerprint density at radius 2 is 0.908 bits per heavy atom. The number of para-hydroxylation sites is 2.